The number of Topliss-reactive ketones (excluding diaryl/α,β-unsaturated/α-hetero) is 1. The Morgan fingerprint density at radius 1 is 0.742 bits per heavy atom. The van der Waals surface area contributed by atoms with Crippen molar-refractivity contribution in [1.82, 2.24) is 0 Å². The van der Waals surface area contributed by atoms with E-state index in [0.717, 1.165) is 43.2 Å². The summed E-state index contributed by atoms with van der Waals surface area (Å²) in [4.78, 5) is 24.6. The van der Waals surface area contributed by atoms with Gasteiger partial charge in [-0.15, -0.1) is 0 Å². The molecular weight excluding hydrogens is 384 g/mol. The molecule has 0 saturated heterocycles. The maximum absolute atomic E-state index is 12.4. The third-order valence-corrected chi connectivity index (χ3v) is 5.74. The lowest BCUT2D eigenvalue weighted by Gasteiger charge is -2.12. The highest BCUT2D eigenvalue weighted by Crippen LogP contribution is 2.22. The minimum Gasteiger partial charge on any atom is -0.451 e. The number of ether oxygens (including phenoxy) is 1. The van der Waals surface area contributed by atoms with E-state index in [-0.39, 0.29) is 5.78 Å². The van der Waals surface area contributed by atoms with Gasteiger partial charge in [0.2, 0.25) is 0 Å². The largest absolute Gasteiger partial charge is 0.451 e. The van der Waals surface area contributed by atoms with Crippen molar-refractivity contribution >= 4 is 11.8 Å². The molecule has 0 aliphatic heterocycles. The van der Waals surface area contributed by atoms with E-state index in [0.29, 0.717) is 12.0 Å². The average molecular weight is 423 g/mol. The summed E-state index contributed by atoms with van der Waals surface area (Å²) in [5.41, 5.74) is 4.04. The number of benzene rings is 2. The van der Waals surface area contributed by atoms with Crippen LogP contribution in [0.15, 0.2) is 48.5 Å². The van der Waals surface area contributed by atoms with Crippen LogP contribution in [-0.4, -0.2) is 17.9 Å². The Labute approximate surface area is 188 Å². The van der Waals surface area contributed by atoms with Crippen LogP contribution in [-0.2, 0) is 16.0 Å². The Balaban J connectivity index is 1.86. The zero-order valence-electron chi connectivity index (χ0n) is 19.5. The van der Waals surface area contributed by atoms with E-state index in [4.69, 9.17) is 4.74 Å². The van der Waals surface area contributed by atoms with Crippen molar-refractivity contribution in [3.63, 3.8) is 0 Å². The number of hydrogen-bond acceptors (Lipinski definition) is 3. The predicted octanol–water partition coefficient (Wildman–Crippen LogP) is 7.56. The van der Waals surface area contributed by atoms with Crippen molar-refractivity contribution in [2.24, 2.45) is 0 Å². The van der Waals surface area contributed by atoms with Gasteiger partial charge in [-0.25, -0.2) is 4.79 Å². The maximum Gasteiger partial charge on any atom is 0.338 e. The van der Waals surface area contributed by atoms with Crippen LogP contribution in [0.1, 0.15) is 94.5 Å². The zero-order valence-corrected chi connectivity index (χ0v) is 19.5. The predicted molar refractivity (Wildman–Crippen MR) is 128 cm³/mol. The van der Waals surface area contributed by atoms with Gasteiger partial charge in [0.25, 0.3) is 0 Å². The Morgan fingerprint density at radius 3 is 1.87 bits per heavy atom. The molecular formula is C28H38O3. The molecule has 2 rings (SSSR count). The lowest BCUT2D eigenvalue weighted by molar-refractivity contribution is -0.127. The zero-order chi connectivity index (χ0) is 22.5. The van der Waals surface area contributed by atoms with Crippen LogP contribution in [0.25, 0.3) is 11.1 Å². The van der Waals surface area contributed by atoms with Crippen molar-refractivity contribution in [3.05, 3.63) is 59.7 Å². The third-order valence-electron chi connectivity index (χ3n) is 5.74. The number of rotatable bonds is 14. The fourth-order valence-corrected chi connectivity index (χ4v) is 3.64. The van der Waals surface area contributed by atoms with Gasteiger partial charge in [-0.2, -0.15) is 0 Å². The molecule has 1 atom stereocenters. The fourth-order valence-electron chi connectivity index (χ4n) is 3.64. The van der Waals surface area contributed by atoms with Gasteiger partial charge in [-0.1, -0.05) is 88.8 Å². The monoisotopic (exact) mass is 422 g/mol. The van der Waals surface area contributed by atoms with Crippen LogP contribution < -0.4 is 0 Å². The number of carbonyl (C=O) groups excluding carboxylic acids is 2. The minimum absolute atomic E-state index is 0.00384. The summed E-state index contributed by atoms with van der Waals surface area (Å²) in [6.07, 6.45) is 10.2. The van der Waals surface area contributed by atoms with Gasteiger partial charge in [0.05, 0.1) is 5.56 Å². The second-order valence-electron chi connectivity index (χ2n) is 8.41. The van der Waals surface area contributed by atoms with Crippen LogP contribution in [0.4, 0.5) is 0 Å². The highest BCUT2D eigenvalue weighted by Gasteiger charge is 2.18. The van der Waals surface area contributed by atoms with Crippen LogP contribution in [0.2, 0.25) is 0 Å². The first-order valence-corrected chi connectivity index (χ1v) is 12.0. The Morgan fingerprint density at radius 2 is 1.29 bits per heavy atom. The SMILES string of the molecule is CCCCCCC(=O)C(C)OC(=O)c1ccc(-c2ccc(CCCCCC)cc2)cc1. The van der Waals surface area contributed by atoms with Crippen molar-refractivity contribution < 1.29 is 14.3 Å². The van der Waals surface area contributed by atoms with E-state index in [9.17, 15) is 9.59 Å². The molecule has 2 aromatic carbocycles. The quantitative estimate of drug-likeness (QED) is 0.233. The number of ketones is 1. The summed E-state index contributed by atoms with van der Waals surface area (Å²) < 4.78 is 5.38. The van der Waals surface area contributed by atoms with Crippen LogP contribution in [0.3, 0.4) is 0 Å². The fraction of sp³-hybridized carbons (Fsp3) is 0.500. The van der Waals surface area contributed by atoms with E-state index in [1.807, 2.05) is 12.1 Å². The highest BCUT2D eigenvalue weighted by molar-refractivity contribution is 5.93. The second-order valence-corrected chi connectivity index (χ2v) is 8.41. The van der Waals surface area contributed by atoms with E-state index in [1.165, 1.54) is 31.2 Å². The van der Waals surface area contributed by atoms with Crippen LogP contribution in [0, 0.1) is 0 Å². The summed E-state index contributed by atoms with van der Waals surface area (Å²) in [6, 6.07) is 16.1. The number of unbranched alkanes of at least 4 members (excludes halogenated alkanes) is 6. The number of hydrogen-bond donors (Lipinski definition) is 0. The van der Waals surface area contributed by atoms with E-state index in [1.54, 1.807) is 19.1 Å². The van der Waals surface area contributed by atoms with Crippen molar-refractivity contribution in [1.29, 1.82) is 0 Å². The molecule has 0 saturated carbocycles. The van der Waals surface area contributed by atoms with Gasteiger partial charge in [-0.3, -0.25) is 4.79 Å². The average Bonchev–Trinajstić information content (AvgIpc) is 2.80. The minimum atomic E-state index is -0.696. The molecule has 0 amide bonds. The van der Waals surface area contributed by atoms with Crippen molar-refractivity contribution in [2.75, 3.05) is 0 Å². The maximum atomic E-state index is 12.4. The lowest BCUT2D eigenvalue weighted by Crippen LogP contribution is -2.24. The van der Waals surface area contributed by atoms with E-state index < -0.39 is 12.1 Å². The molecule has 0 aromatic heterocycles. The number of esters is 1. The standard InChI is InChI=1S/C28H38O3/c1-4-6-8-10-12-23-14-16-24(17-15-23)25-18-20-26(21-19-25)28(30)31-22(3)27(29)13-11-9-7-5-2/h14-22H,4-13H2,1-3H3. The molecule has 0 N–H and O–H groups in total. The molecule has 168 valence electrons. The van der Waals surface area contributed by atoms with Crippen LogP contribution in [0.5, 0.6) is 0 Å². The Kier molecular flexibility index (Phi) is 11.1. The molecule has 31 heavy (non-hydrogen) atoms. The van der Waals surface area contributed by atoms with Gasteiger partial charge in [0.15, 0.2) is 11.9 Å². The highest BCUT2D eigenvalue weighted by atomic mass is 16.5. The molecule has 0 bridgehead atoms. The first-order chi connectivity index (χ1) is 15.0. The molecule has 0 radical (unpaired) electrons. The third kappa shape index (κ3) is 8.69. The number of carbonyl (C=O) groups is 2. The normalized spacial score (nSPS) is 11.8. The number of aryl methyl sites for hydroxylation is 1. The van der Waals surface area contributed by atoms with Crippen molar-refractivity contribution in [3.8, 4) is 11.1 Å². The van der Waals surface area contributed by atoms with Gasteiger partial charge in [0, 0.05) is 6.42 Å². The molecule has 0 heterocycles. The second kappa shape index (κ2) is 13.8. The summed E-state index contributed by atoms with van der Waals surface area (Å²) in [5, 5.41) is 0. The molecule has 2 aromatic rings. The van der Waals surface area contributed by atoms with Crippen molar-refractivity contribution in [2.45, 2.75) is 91.1 Å². The Bertz CT molecular complexity index is 790. The molecule has 0 fully saturated rings. The molecule has 0 spiro atoms. The van der Waals surface area contributed by atoms with Gasteiger partial charge < -0.3 is 4.74 Å². The van der Waals surface area contributed by atoms with Gasteiger partial charge in [-0.05, 0) is 55.0 Å². The summed E-state index contributed by atoms with van der Waals surface area (Å²) in [5.74, 6) is -0.445. The molecule has 3 nitrogen and oxygen atoms in total. The van der Waals surface area contributed by atoms with E-state index >= 15 is 0 Å². The summed E-state index contributed by atoms with van der Waals surface area (Å²) in [6.45, 7) is 6.04. The molecule has 1 unspecified atom stereocenters. The molecule has 0 aliphatic carbocycles. The topological polar surface area (TPSA) is 43.4 Å². The molecule has 3 heteroatoms. The first-order valence-electron chi connectivity index (χ1n) is 12.0. The molecule has 0 aliphatic rings. The van der Waals surface area contributed by atoms with Gasteiger partial charge in [0.1, 0.15) is 0 Å². The van der Waals surface area contributed by atoms with Gasteiger partial charge >= 0.3 is 5.97 Å². The summed E-state index contributed by atoms with van der Waals surface area (Å²) in [7, 11) is 0. The lowest BCUT2D eigenvalue weighted by atomic mass is 10.0. The van der Waals surface area contributed by atoms with E-state index in [2.05, 4.69) is 38.1 Å². The first kappa shape index (κ1) is 24.8. The summed E-state index contributed by atoms with van der Waals surface area (Å²) >= 11 is 0. The smallest absolute Gasteiger partial charge is 0.338 e. The Hall–Kier alpha value is -2.42. The van der Waals surface area contributed by atoms with Crippen LogP contribution >= 0.6 is 0 Å².